The Balaban J connectivity index is 2.17. The number of nitrogen functional groups attached to an aromatic ring is 1. The first-order valence-corrected chi connectivity index (χ1v) is 7.23. The van der Waals surface area contributed by atoms with E-state index in [1.54, 1.807) is 0 Å². The smallest absolute Gasteiger partial charge is 0.0326 e. The maximum absolute atomic E-state index is 5.75. The molecule has 2 nitrogen and oxygen atoms in total. The molecule has 0 radical (unpaired) electrons. The zero-order valence-electron chi connectivity index (χ0n) is 12.6. The molecule has 0 heterocycles. The summed E-state index contributed by atoms with van der Waals surface area (Å²) in [6.07, 6.45) is 0. The van der Waals surface area contributed by atoms with Crippen molar-refractivity contribution < 1.29 is 0 Å². The molecule has 0 aliphatic rings. The minimum Gasteiger partial charge on any atom is -0.399 e. The standard InChI is InChI=1S/C18H24N2/c1-14(2)20(13-16-9-11-18(19)12-10-16)15(3)17-7-5-4-6-8-17/h4-12,14-15H,13,19H2,1-3H3. The van der Waals surface area contributed by atoms with E-state index in [9.17, 15) is 0 Å². The van der Waals surface area contributed by atoms with E-state index in [0.717, 1.165) is 12.2 Å². The summed E-state index contributed by atoms with van der Waals surface area (Å²) in [5.41, 5.74) is 9.23. The number of hydrogen-bond acceptors (Lipinski definition) is 2. The van der Waals surface area contributed by atoms with Gasteiger partial charge in [-0.1, -0.05) is 42.5 Å². The highest BCUT2D eigenvalue weighted by Gasteiger charge is 2.18. The molecule has 0 aliphatic carbocycles. The number of benzene rings is 2. The molecule has 2 rings (SSSR count). The molecule has 20 heavy (non-hydrogen) atoms. The molecule has 0 aliphatic heterocycles. The quantitative estimate of drug-likeness (QED) is 0.822. The third-order valence-electron chi connectivity index (χ3n) is 3.79. The predicted molar refractivity (Wildman–Crippen MR) is 86.4 cm³/mol. The lowest BCUT2D eigenvalue weighted by Crippen LogP contribution is -2.33. The van der Waals surface area contributed by atoms with Gasteiger partial charge >= 0.3 is 0 Å². The molecule has 2 aromatic rings. The van der Waals surface area contributed by atoms with Gasteiger partial charge < -0.3 is 5.73 Å². The van der Waals surface area contributed by atoms with Gasteiger partial charge in [-0.15, -0.1) is 0 Å². The molecule has 2 heteroatoms. The maximum atomic E-state index is 5.75. The van der Waals surface area contributed by atoms with Crippen LogP contribution in [0, 0.1) is 0 Å². The van der Waals surface area contributed by atoms with Crippen LogP contribution in [0.15, 0.2) is 54.6 Å². The van der Waals surface area contributed by atoms with Gasteiger partial charge in [0.2, 0.25) is 0 Å². The Bertz CT molecular complexity index is 517. The topological polar surface area (TPSA) is 29.3 Å². The largest absolute Gasteiger partial charge is 0.399 e. The molecule has 0 bridgehead atoms. The molecule has 106 valence electrons. The van der Waals surface area contributed by atoms with Crippen molar-refractivity contribution in [2.24, 2.45) is 0 Å². The lowest BCUT2D eigenvalue weighted by atomic mass is 10.0. The molecule has 0 aromatic heterocycles. The molecule has 0 amide bonds. The summed E-state index contributed by atoms with van der Waals surface area (Å²) in [6.45, 7) is 7.70. The monoisotopic (exact) mass is 268 g/mol. The summed E-state index contributed by atoms with van der Waals surface area (Å²) in [4.78, 5) is 2.50. The van der Waals surface area contributed by atoms with Gasteiger partial charge in [0.25, 0.3) is 0 Å². The van der Waals surface area contributed by atoms with E-state index in [4.69, 9.17) is 5.73 Å². The van der Waals surface area contributed by atoms with Gasteiger partial charge in [-0.2, -0.15) is 0 Å². The van der Waals surface area contributed by atoms with E-state index < -0.39 is 0 Å². The second-order valence-electron chi connectivity index (χ2n) is 5.59. The van der Waals surface area contributed by atoms with Crippen molar-refractivity contribution >= 4 is 5.69 Å². The van der Waals surface area contributed by atoms with Crippen LogP contribution in [0.2, 0.25) is 0 Å². The number of nitrogens with zero attached hydrogens (tertiary/aromatic N) is 1. The highest BCUT2D eigenvalue weighted by Crippen LogP contribution is 2.24. The molecule has 2 N–H and O–H groups in total. The Morgan fingerprint density at radius 2 is 1.50 bits per heavy atom. The number of anilines is 1. The van der Waals surface area contributed by atoms with E-state index in [0.29, 0.717) is 12.1 Å². The third-order valence-corrected chi connectivity index (χ3v) is 3.79. The van der Waals surface area contributed by atoms with Crippen LogP contribution in [0.25, 0.3) is 0 Å². The molecule has 2 aromatic carbocycles. The van der Waals surface area contributed by atoms with Crippen LogP contribution in [0.3, 0.4) is 0 Å². The summed E-state index contributed by atoms with van der Waals surface area (Å²) < 4.78 is 0. The van der Waals surface area contributed by atoms with E-state index in [1.807, 2.05) is 12.1 Å². The molecule has 1 atom stereocenters. The predicted octanol–water partition coefficient (Wildman–Crippen LogP) is 4.24. The summed E-state index contributed by atoms with van der Waals surface area (Å²) in [5.74, 6) is 0. The van der Waals surface area contributed by atoms with Crippen LogP contribution in [-0.4, -0.2) is 10.9 Å². The Morgan fingerprint density at radius 1 is 0.900 bits per heavy atom. The van der Waals surface area contributed by atoms with Crippen molar-refractivity contribution in [1.82, 2.24) is 4.90 Å². The summed E-state index contributed by atoms with van der Waals surface area (Å²) in [6, 6.07) is 19.7. The van der Waals surface area contributed by atoms with E-state index in [2.05, 4.69) is 68.1 Å². The Kier molecular flexibility index (Phi) is 4.80. The molecular formula is C18H24N2. The van der Waals surface area contributed by atoms with Gasteiger partial charge in [-0.3, -0.25) is 4.90 Å². The van der Waals surface area contributed by atoms with Gasteiger partial charge in [-0.05, 0) is 44.0 Å². The van der Waals surface area contributed by atoms with Crippen LogP contribution in [0.5, 0.6) is 0 Å². The van der Waals surface area contributed by atoms with Crippen molar-refractivity contribution in [3.05, 3.63) is 65.7 Å². The SMILES string of the molecule is CC(C)N(Cc1ccc(N)cc1)C(C)c1ccccc1. The summed E-state index contributed by atoms with van der Waals surface area (Å²) >= 11 is 0. The Hall–Kier alpha value is -1.80. The lowest BCUT2D eigenvalue weighted by molar-refractivity contribution is 0.155. The fourth-order valence-electron chi connectivity index (χ4n) is 2.52. The number of rotatable bonds is 5. The second-order valence-corrected chi connectivity index (χ2v) is 5.59. The molecule has 0 fully saturated rings. The van der Waals surface area contributed by atoms with E-state index in [-0.39, 0.29) is 0 Å². The zero-order valence-corrected chi connectivity index (χ0v) is 12.6. The molecule has 0 spiro atoms. The average molecular weight is 268 g/mol. The fourth-order valence-corrected chi connectivity index (χ4v) is 2.52. The van der Waals surface area contributed by atoms with Crippen molar-refractivity contribution in [3.8, 4) is 0 Å². The van der Waals surface area contributed by atoms with Crippen molar-refractivity contribution in [3.63, 3.8) is 0 Å². The van der Waals surface area contributed by atoms with Crippen LogP contribution in [0.1, 0.15) is 37.9 Å². The summed E-state index contributed by atoms with van der Waals surface area (Å²) in [5, 5.41) is 0. The van der Waals surface area contributed by atoms with Gasteiger partial charge in [0.15, 0.2) is 0 Å². The van der Waals surface area contributed by atoms with Crippen LogP contribution in [0.4, 0.5) is 5.69 Å². The first-order valence-electron chi connectivity index (χ1n) is 7.23. The maximum Gasteiger partial charge on any atom is 0.0326 e. The Morgan fingerprint density at radius 3 is 2.05 bits per heavy atom. The molecular weight excluding hydrogens is 244 g/mol. The summed E-state index contributed by atoms with van der Waals surface area (Å²) in [7, 11) is 0. The van der Waals surface area contributed by atoms with Gasteiger partial charge in [-0.25, -0.2) is 0 Å². The minimum absolute atomic E-state index is 0.397. The highest BCUT2D eigenvalue weighted by molar-refractivity contribution is 5.39. The number of hydrogen-bond donors (Lipinski definition) is 1. The highest BCUT2D eigenvalue weighted by atomic mass is 15.2. The van der Waals surface area contributed by atoms with Crippen LogP contribution < -0.4 is 5.73 Å². The fraction of sp³-hybridized carbons (Fsp3) is 0.333. The first kappa shape index (κ1) is 14.6. The van der Waals surface area contributed by atoms with Crippen LogP contribution >= 0.6 is 0 Å². The van der Waals surface area contributed by atoms with Gasteiger partial charge in [0, 0.05) is 24.3 Å². The van der Waals surface area contributed by atoms with Gasteiger partial charge in [0.1, 0.15) is 0 Å². The van der Waals surface area contributed by atoms with E-state index >= 15 is 0 Å². The zero-order chi connectivity index (χ0) is 14.5. The minimum atomic E-state index is 0.397. The average Bonchev–Trinajstić information content (AvgIpc) is 2.46. The van der Waals surface area contributed by atoms with Gasteiger partial charge in [0.05, 0.1) is 0 Å². The molecule has 0 saturated carbocycles. The molecule has 1 unspecified atom stereocenters. The van der Waals surface area contributed by atoms with E-state index in [1.165, 1.54) is 11.1 Å². The van der Waals surface area contributed by atoms with Crippen LogP contribution in [-0.2, 0) is 6.54 Å². The normalized spacial score (nSPS) is 12.8. The first-order chi connectivity index (χ1) is 9.58. The third kappa shape index (κ3) is 3.61. The van der Waals surface area contributed by atoms with Crippen molar-refractivity contribution in [2.45, 2.75) is 39.4 Å². The lowest BCUT2D eigenvalue weighted by Gasteiger charge is -2.33. The van der Waals surface area contributed by atoms with Crippen molar-refractivity contribution in [2.75, 3.05) is 5.73 Å². The van der Waals surface area contributed by atoms with Crippen molar-refractivity contribution in [1.29, 1.82) is 0 Å². The Labute approximate surface area is 122 Å². The second kappa shape index (κ2) is 6.58. The number of nitrogens with two attached hydrogens (primary N) is 1. The molecule has 0 saturated heterocycles.